The Labute approximate surface area is 154 Å². The Balaban J connectivity index is 2.03. The standard InChI is InChI=1S/C19H18N2O4S/c1-13(18(22)21-17-9-4-3-7-16(17)11-20)25-19(23)15-8-5-6-14(10-15)12-26(2)24/h3-10,13H,12H2,1-2H3,(H,21,22). The topological polar surface area (TPSA) is 96.3 Å². The van der Waals surface area contributed by atoms with Crippen LogP contribution in [0.2, 0.25) is 0 Å². The van der Waals surface area contributed by atoms with E-state index in [1.54, 1.807) is 54.8 Å². The third kappa shape index (κ3) is 5.26. The molecule has 2 aromatic rings. The van der Waals surface area contributed by atoms with Crippen LogP contribution < -0.4 is 5.32 Å². The van der Waals surface area contributed by atoms with E-state index in [-0.39, 0.29) is 5.56 Å². The molecule has 2 atom stereocenters. The first-order valence-electron chi connectivity index (χ1n) is 7.80. The molecule has 0 spiro atoms. The van der Waals surface area contributed by atoms with Crippen LogP contribution in [0.4, 0.5) is 5.69 Å². The molecule has 26 heavy (non-hydrogen) atoms. The van der Waals surface area contributed by atoms with E-state index in [4.69, 9.17) is 10.00 Å². The van der Waals surface area contributed by atoms with Crippen LogP contribution in [-0.4, -0.2) is 28.4 Å². The summed E-state index contributed by atoms with van der Waals surface area (Å²) < 4.78 is 16.5. The van der Waals surface area contributed by atoms with Crippen molar-refractivity contribution in [3.63, 3.8) is 0 Å². The van der Waals surface area contributed by atoms with Gasteiger partial charge in [0.25, 0.3) is 5.91 Å². The predicted molar refractivity (Wildman–Crippen MR) is 98.9 cm³/mol. The molecule has 0 aliphatic rings. The van der Waals surface area contributed by atoms with Crippen LogP contribution in [0, 0.1) is 11.3 Å². The van der Waals surface area contributed by atoms with Gasteiger partial charge in [-0.3, -0.25) is 9.00 Å². The van der Waals surface area contributed by atoms with Crippen molar-refractivity contribution in [1.82, 2.24) is 0 Å². The molecule has 134 valence electrons. The van der Waals surface area contributed by atoms with Crippen LogP contribution in [-0.2, 0) is 26.1 Å². The van der Waals surface area contributed by atoms with Gasteiger partial charge < -0.3 is 10.1 Å². The smallest absolute Gasteiger partial charge is 0.338 e. The third-order valence-corrected chi connectivity index (χ3v) is 4.23. The van der Waals surface area contributed by atoms with Crippen LogP contribution >= 0.6 is 0 Å². The van der Waals surface area contributed by atoms with Crippen molar-refractivity contribution in [3.8, 4) is 6.07 Å². The number of esters is 1. The third-order valence-electron chi connectivity index (χ3n) is 3.49. The number of carbonyl (C=O) groups excluding carboxylic acids is 2. The molecular formula is C19H18N2O4S. The molecule has 0 aromatic heterocycles. The summed E-state index contributed by atoms with van der Waals surface area (Å²) in [6.45, 7) is 1.45. The fourth-order valence-corrected chi connectivity index (χ4v) is 2.88. The second-order valence-electron chi connectivity index (χ2n) is 5.61. The van der Waals surface area contributed by atoms with E-state index < -0.39 is 28.8 Å². The monoisotopic (exact) mass is 370 g/mol. The normalized spacial score (nSPS) is 12.5. The summed E-state index contributed by atoms with van der Waals surface area (Å²) in [6.07, 6.45) is 0.537. The maximum atomic E-state index is 12.2. The maximum Gasteiger partial charge on any atom is 0.338 e. The Hall–Kier alpha value is -2.98. The Morgan fingerprint density at radius 1 is 1.23 bits per heavy atom. The van der Waals surface area contributed by atoms with Gasteiger partial charge in [-0.05, 0) is 36.8 Å². The molecule has 0 fully saturated rings. The largest absolute Gasteiger partial charge is 0.449 e. The zero-order chi connectivity index (χ0) is 19.1. The molecular weight excluding hydrogens is 352 g/mol. The van der Waals surface area contributed by atoms with E-state index in [1.165, 1.54) is 6.92 Å². The highest BCUT2D eigenvalue weighted by atomic mass is 32.2. The van der Waals surface area contributed by atoms with Crippen LogP contribution in [0.15, 0.2) is 48.5 Å². The van der Waals surface area contributed by atoms with E-state index in [0.717, 1.165) is 5.56 Å². The van der Waals surface area contributed by atoms with Gasteiger partial charge in [0.15, 0.2) is 6.10 Å². The van der Waals surface area contributed by atoms with Gasteiger partial charge in [0, 0.05) is 22.8 Å². The van der Waals surface area contributed by atoms with Gasteiger partial charge in [-0.15, -0.1) is 0 Å². The summed E-state index contributed by atoms with van der Waals surface area (Å²) in [4.78, 5) is 24.5. The first-order chi connectivity index (χ1) is 12.4. The average Bonchev–Trinajstić information content (AvgIpc) is 2.61. The van der Waals surface area contributed by atoms with Crippen LogP contribution in [0.3, 0.4) is 0 Å². The Kier molecular flexibility index (Phi) is 6.64. The molecule has 0 bridgehead atoms. The highest BCUT2D eigenvalue weighted by Crippen LogP contribution is 2.15. The minimum Gasteiger partial charge on any atom is -0.449 e. The first-order valence-corrected chi connectivity index (χ1v) is 9.53. The lowest BCUT2D eigenvalue weighted by Crippen LogP contribution is -2.30. The lowest BCUT2D eigenvalue weighted by Gasteiger charge is -2.14. The molecule has 1 amide bonds. The zero-order valence-corrected chi connectivity index (χ0v) is 15.2. The van der Waals surface area contributed by atoms with E-state index in [2.05, 4.69) is 5.32 Å². The molecule has 2 aromatic carbocycles. The predicted octanol–water partition coefficient (Wildman–Crippen LogP) is 2.62. The first kappa shape index (κ1) is 19.3. The fourth-order valence-electron chi connectivity index (χ4n) is 2.23. The molecule has 7 heteroatoms. The van der Waals surface area contributed by atoms with Crippen molar-refractivity contribution in [2.24, 2.45) is 0 Å². The molecule has 0 saturated heterocycles. The maximum absolute atomic E-state index is 12.2. The molecule has 0 saturated carbocycles. The van der Waals surface area contributed by atoms with Crippen molar-refractivity contribution >= 4 is 28.4 Å². The van der Waals surface area contributed by atoms with Crippen molar-refractivity contribution in [2.45, 2.75) is 18.8 Å². The van der Waals surface area contributed by atoms with Crippen molar-refractivity contribution in [1.29, 1.82) is 5.26 Å². The summed E-state index contributed by atoms with van der Waals surface area (Å²) in [7, 11) is -1.02. The number of hydrogen-bond acceptors (Lipinski definition) is 5. The highest BCUT2D eigenvalue weighted by molar-refractivity contribution is 7.83. The summed E-state index contributed by atoms with van der Waals surface area (Å²) in [6, 6.07) is 15.1. The summed E-state index contributed by atoms with van der Waals surface area (Å²) in [5.74, 6) is -0.848. The number of para-hydroxylation sites is 1. The quantitative estimate of drug-likeness (QED) is 0.789. The molecule has 2 rings (SSSR count). The Bertz CT molecular complexity index is 889. The molecule has 0 aliphatic heterocycles. The fraction of sp³-hybridized carbons (Fsp3) is 0.211. The van der Waals surface area contributed by atoms with Crippen LogP contribution in [0.25, 0.3) is 0 Å². The highest BCUT2D eigenvalue weighted by Gasteiger charge is 2.20. The number of carbonyl (C=O) groups is 2. The molecule has 0 heterocycles. The van der Waals surface area contributed by atoms with E-state index in [9.17, 15) is 13.8 Å². The Morgan fingerprint density at radius 3 is 2.65 bits per heavy atom. The number of benzene rings is 2. The van der Waals surface area contributed by atoms with E-state index in [1.807, 2.05) is 6.07 Å². The number of nitriles is 1. The minimum atomic E-state index is -1.04. The average molecular weight is 370 g/mol. The summed E-state index contributed by atoms with van der Waals surface area (Å²) in [5.41, 5.74) is 1.71. The van der Waals surface area contributed by atoms with Gasteiger partial charge in [0.05, 0.1) is 16.8 Å². The number of amides is 1. The number of hydrogen-bond donors (Lipinski definition) is 1. The number of anilines is 1. The zero-order valence-electron chi connectivity index (χ0n) is 14.4. The Morgan fingerprint density at radius 2 is 1.96 bits per heavy atom. The summed E-state index contributed by atoms with van der Waals surface area (Å²) in [5, 5.41) is 11.6. The molecule has 0 radical (unpaired) electrons. The molecule has 1 N–H and O–H groups in total. The van der Waals surface area contributed by atoms with E-state index >= 15 is 0 Å². The SMILES string of the molecule is CC(OC(=O)c1cccc(CS(C)=O)c1)C(=O)Nc1ccccc1C#N. The van der Waals surface area contributed by atoms with Gasteiger partial charge in [-0.1, -0.05) is 24.3 Å². The molecule has 2 unspecified atom stereocenters. The van der Waals surface area contributed by atoms with Crippen molar-refractivity contribution in [3.05, 3.63) is 65.2 Å². The number of rotatable bonds is 6. The van der Waals surface area contributed by atoms with Gasteiger partial charge in [-0.25, -0.2) is 4.79 Å². The van der Waals surface area contributed by atoms with Gasteiger partial charge in [-0.2, -0.15) is 5.26 Å². The van der Waals surface area contributed by atoms with Crippen molar-refractivity contribution < 1.29 is 18.5 Å². The van der Waals surface area contributed by atoms with Gasteiger partial charge in [0.1, 0.15) is 6.07 Å². The van der Waals surface area contributed by atoms with Crippen LogP contribution in [0.5, 0.6) is 0 Å². The molecule has 0 aliphatic carbocycles. The van der Waals surface area contributed by atoms with Gasteiger partial charge >= 0.3 is 5.97 Å². The number of nitrogens with zero attached hydrogens (tertiary/aromatic N) is 1. The number of ether oxygens (including phenoxy) is 1. The number of nitrogens with one attached hydrogen (secondary N) is 1. The van der Waals surface area contributed by atoms with Crippen LogP contribution in [0.1, 0.15) is 28.4 Å². The van der Waals surface area contributed by atoms with Gasteiger partial charge in [0.2, 0.25) is 0 Å². The second kappa shape index (κ2) is 8.92. The summed E-state index contributed by atoms with van der Waals surface area (Å²) >= 11 is 0. The van der Waals surface area contributed by atoms with E-state index in [0.29, 0.717) is 17.0 Å². The lowest BCUT2D eigenvalue weighted by molar-refractivity contribution is -0.123. The van der Waals surface area contributed by atoms with Crippen molar-refractivity contribution in [2.75, 3.05) is 11.6 Å². The molecule has 6 nitrogen and oxygen atoms in total. The second-order valence-corrected chi connectivity index (χ2v) is 7.05. The lowest BCUT2D eigenvalue weighted by atomic mass is 10.1. The minimum absolute atomic E-state index is 0.282.